The first-order chi connectivity index (χ1) is 18.2. The van der Waals surface area contributed by atoms with Gasteiger partial charge in [-0.2, -0.15) is 36.6 Å². The molecular formula is C24H18F5N7O2. The summed E-state index contributed by atoms with van der Waals surface area (Å²) in [6, 6.07) is 6.44. The molecule has 9 nitrogen and oxygen atoms in total. The van der Waals surface area contributed by atoms with Crippen molar-refractivity contribution in [2.24, 2.45) is 0 Å². The minimum absolute atomic E-state index is 0.00529. The van der Waals surface area contributed by atoms with Crippen LogP contribution in [0.4, 0.5) is 22.0 Å². The summed E-state index contributed by atoms with van der Waals surface area (Å²) in [6.45, 7) is -1.40. The maximum atomic E-state index is 14.6. The third kappa shape index (κ3) is 4.05. The lowest BCUT2D eigenvalue weighted by molar-refractivity contribution is -0.142. The van der Waals surface area contributed by atoms with Crippen molar-refractivity contribution in [3.8, 4) is 23.1 Å². The monoisotopic (exact) mass is 531 g/mol. The zero-order valence-corrected chi connectivity index (χ0v) is 19.9. The van der Waals surface area contributed by atoms with Crippen LogP contribution in [-0.2, 0) is 6.54 Å². The molecule has 196 valence electrons. The number of ether oxygens (including phenoxy) is 2. The maximum absolute atomic E-state index is 14.6. The van der Waals surface area contributed by atoms with E-state index in [1.165, 1.54) is 32.5 Å². The molecule has 0 aliphatic heterocycles. The van der Waals surface area contributed by atoms with Crippen molar-refractivity contribution < 1.29 is 31.4 Å². The lowest BCUT2D eigenvalue weighted by Gasteiger charge is -2.11. The van der Waals surface area contributed by atoms with Crippen LogP contribution in [0.3, 0.4) is 0 Å². The minimum atomic E-state index is -4.56. The van der Waals surface area contributed by atoms with E-state index in [2.05, 4.69) is 25.1 Å². The van der Waals surface area contributed by atoms with Crippen molar-refractivity contribution in [1.82, 2.24) is 34.3 Å². The van der Waals surface area contributed by atoms with E-state index in [4.69, 9.17) is 9.47 Å². The van der Waals surface area contributed by atoms with Crippen LogP contribution < -0.4 is 9.47 Å². The van der Waals surface area contributed by atoms with E-state index >= 15 is 0 Å². The summed E-state index contributed by atoms with van der Waals surface area (Å²) < 4.78 is 79.9. The van der Waals surface area contributed by atoms with Crippen LogP contribution in [0, 0.1) is 11.9 Å². The van der Waals surface area contributed by atoms with Gasteiger partial charge in [-0.25, -0.2) is 9.97 Å². The van der Waals surface area contributed by atoms with Crippen LogP contribution in [0.15, 0.2) is 36.7 Å². The van der Waals surface area contributed by atoms with E-state index in [-0.39, 0.29) is 34.6 Å². The van der Waals surface area contributed by atoms with Crippen LogP contribution in [0.25, 0.3) is 27.8 Å². The van der Waals surface area contributed by atoms with Gasteiger partial charge in [-0.05, 0) is 42.0 Å². The van der Waals surface area contributed by atoms with Crippen molar-refractivity contribution in [2.75, 3.05) is 14.2 Å². The summed E-state index contributed by atoms with van der Waals surface area (Å²) in [4.78, 5) is 12.4. The summed E-state index contributed by atoms with van der Waals surface area (Å²) in [5.74, 6) is -1.74. The number of hydrogen-bond donors (Lipinski definition) is 0. The first-order valence-corrected chi connectivity index (χ1v) is 11.4. The lowest BCUT2D eigenvalue weighted by atomic mass is 10.0. The number of alkyl halides is 3. The molecule has 0 amide bonds. The van der Waals surface area contributed by atoms with E-state index in [0.717, 1.165) is 10.7 Å². The Kier molecular flexibility index (Phi) is 5.43. The Balaban J connectivity index is 1.41. The Morgan fingerprint density at radius 3 is 2.55 bits per heavy atom. The largest absolute Gasteiger partial charge is 0.480 e. The number of aromatic nitrogens is 7. The number of imidazole rings is 1. The van der Waals surface area contributed by atoms with Gasteiger partial charge in [0, 0.05) is 11.8 Å². The Morgan fingerprint density at radius 2 is 1.82 bits per heavy atom. The standard InChI is InChI=1S/C24H18F5N7O2/c1-37-22-16(8-31-23(32-22)38-2)17-7-15(21-30-9-19(25)36(21)33-17)14-6-13(14)11-3-4-12-18(5-11)35(34-20(12)26)10-24(27,28)29/h3-5,7-9,13-14H,6,10H2,1-2H3/t13-,14+/m1/s1. The molecule has 4 aromatic heterocycles. The second-order valence-electron chi connectivity index (χ2n) is 8.87. The third-order valence-electron chi connectivity index (χ3n) is 6.52. The average molecular weight is 531 g/mol. The number of fused-ring (bicyclic) bond motifs is 2. The fraction of sp³-hybridized carbons (Fsp3) is 0.292. The number of benzene rings is 1. The number of nitrogens with zero attached hydrogens (tertiary/aromatic N) is 7. The minimum Gasteiger partial charge on any atom is -0.480 e. The van der Waals surface area contributed by atoms with Crippen LogP contribution in [0.5, 0.6) is 11.9 Å². The van der Waals surface area contributed by atoms with Crippen LogP contribution >= 0.6 is 0 Å². The van der Waals surface area contributed by atoms with Gasteiger partial charge < -0.3 is 9.47 Å². The molecule has 1 saturated carbocycles. The number of hydrogen-bond acceptors (Lipinski definition) is 7. The van der Waals surface area contributed by atoms with Gasteiger partial charge in [0.15, 0.2) is 5.65 Å². The van der Waals surface area contributed by atoms with Gasteiger partial charge in [0.25, 0.3) is 0 Å². The van der Waals surface area contributed by atoms with Gasteiger partial charge in [-0.1, -0.05) is 6.07 Å². The van der Waals surface area contributed by atoms with Crippen LogP contribution in [0.2, 0.25) is 0 Å². The molecule has 2 atom stereocenters. The molecular weight excluding hydrogens is 513 g/mol. The first kappa shape index (κ1) is 24.0. The Bertz CT molecular complexity index is 1700. The molecule has 6 rings (SSSR count). The highest BCUT2D eigenvalue weighted by molar-refractivity contribution is 5.80. The molecule has 1 aliphatic rings. The SMILES string of the molecule is COc1ncc(-c2cc([C@H]3C[C@@H]3c3ccc4c(F)nn(CC(F)(F)F)c4c3)c3ncc(F)n3n2)c(OC)n1. The number of methoxy groups -OCH3 is 2. The summed E-state index contributed by atoms with van der Waals surface area (Å²) in [6.07, 6.45) is -1.43. The Labute approximate surface area is 210 Å². The first-order valence-electron chi connectivity index (χ1n) is 11.4. The summed E-state index contributed by atoms with van der Waals surface area (Å²) in [5.41, 5.74) is 2.47. The van der Waals surface area contributed by atoms with Crippen molar-refractivity contribution >= 4 is 16.6 Å². The zero-order valence-electron chi connectivity index (χ0n) is 19.9. The molecule has 1 aliphatic carbocycles. The predicted octanol–water partition coefficient (Wildman–Crippen LogP) is 4.66. The summed E-state index contributed by atoms with van der Waals surface area (Å²) >= 11 is 0. The molecule has 1 fully saturated rings. The number of halogens is 5. The van der Waals surface area contributed by atoms with E-state index in [1.54, 1.807) is 12.1 Å². The van der Waals surface area contributed by atoms with Gasteiger partial charge in [0.2, 0.25) is 17.8 Å². The third-order valence-corrected chi connectivity index (χ3v) is 6.52. The second kappa shape index (κ2) is 8.60. The molecule has 1 aromatic carbocycles. The maximum Gasteiger partial charge on any atom is 0.408 e. The van der Waals surface area contributed by atoms with E-state index in [0.29, 0.717) is 39.1 Å². The van der Waals surface area contributed by atoms with Gasteiger partial charge in [0.1, 0.15) is 6.54 Å². The van der Waals surface area contributed by atoms with E-state index < -0.39 is 24.6 Å². The summed E-state index contributed by atoms with van der Waals surface area (Å²) in [5, 5.41) is 7.78. The van der Waals surface area contributed by atoms with Gasteiger partial charge >= 0.3 is 12.2 Å². The molecule has 0 N–H and O–H groups in total. The molecule has 38 heavy (non-hydrogen) atoms. The molecule has 0 spiro atoms. The van der Waals surface area contributed by atoms with Gasteiger partial charge in [0.05, 0.1) is 42.6 Å². The predicted molar refractivity (Wildman–Crippen MR) is 123 cm³/mol. The molecule has 14 heteroatoms. The highest BCUT2D eigenvalue weighted by Gasteiger charge is 2.42. The van der Waals surface area contributed by atoms with Crippen molar-refractivity contribution in [2.45, 2.75) is 31.0 Å². The highest BCUT2D eigenvalue weighted by atomic mass is 19.4. The van der Waals surface area contributed by atoms with Crippen molar-refractivity contribution in [3.63, 3.8) is 0 Å². The lowest BCUT2D eigenvalue weighted by Crippen LogP contribution is -2.18. The molecule has 0 radical (unpaired) electrons. The zero-order chi connectivity index (χ0) is 26.8. The van der Waals surface area contributed by atoms with Gasteiger partial charge in [-0.15, -0.1) is 5.10 Å². The van der Waals surface area contributed by atoms with Crippen molar-refractivity contribution in [1.29, 1.82) is 0 Å². The Hall–Kier alpha value is -4.36. The smallest absolute Gasteiger partial charge is 0.408 e. The highest BCUT2D eigenvalue weighted by Crippen LogP contribution is 2.56. The Morgan fingerprint density at radius 1 is 1.00 bits per heavy atom. The topological polar surface area (TPSA) is 92.3 Å². The van der Waals surface area contributed by atoms with Crippen LogP contribution in [-0.4, -0.2) is 54.7 Å². The fourth-order valence-electron chi connectivity index (χ4n) is 4.73. The molecule has 5 aromatic rings. The fourth-order valence-corrected chi connectivity index (χ4v) is 4.73. The molecule has 0 unspecified atom stereocenters. The van der Waals surface area contributed by atoms with Gasteiger partial charge in [-0.3, -0.25) is 4.68 Å². The molecule has 0 saturated heterocycles. The molecule has 4 heterocycles. The van der Waals surface area contributed by atoms with Crippen molar-refractivity contribution in [3.05, 3.63) is 59.7 Å². The summed E-state index contributed by atoms with van der Waals surface area (Å²) in [7, 11) is 2.83. The van der Waals surface area contributed by atoms with Crippen LogP contribution in [0.1, 0.15) is 29.4 Å². The van der Waals surface area contributed by atoms with E-state index in [1.807, 2.05) is 0 Å². The molecule has 0 bridgehead atoms. The second-order valence-corrected chi connectivity index (χ2v) is 8.87. The van der Waals surface area contributed by atoms with E-state index in [9.17, 15) is 22.0 Å². The average Bonchev–Trinajstić information content (AvgIpc) is 3.53. The normalized spacial score (nSPS) is 17.3. The quantitative estimate of drug-likeness (QED) is 0.294. The number of rotatable bonds is 6.